The zero-order valence-electron chi connectivity index (χ0n) is 26.0. The maximum absolute atomic E-state index is 13.8. The van der Waals surface area contributed by atoms with Gasteiger partial charge in [0.15, 0.2) is 0 Å². The molecule has 2 aliphatic rings. The van der Waals surface area contributed by atoms with Crippen molar-refractivity contribution in [2.75, 3.05) is 18.9 Å². The predicted molar refractivity (Wildman–Crippen MR) is 163 cm³/mol. The molecule has 7 nitrogen and oxygen atoms in total. The summed E-state index contributed by atoms with van der Waals surface area (Å²) in [6, 6.07) is 5.29. The Hall–Kier alpha value is -2.67. The fraction of sp³-hybridized carbons (Fsp3) is 0.667. The molecule has 1 aromatic rings. The van der Waals surface area contributed by atoms with Crippen molar-refractivity contribution in [1.29, 1.82) is 0 Å². The van der Waals surface area contributed by atoms with Crippen molar-refractivity contribution in [3.05, 3.63) is 41.0 Å². The molecule has 0 bridgehead atoms. The first kappa shape index (κ1) is 31.9. The molecule has 222 valence electrons. The van der Waals surface area contributed by atoms with Gasteiger partial charge < -0.3 is 15.5 Å². The summed E-state index contributed by atoms with van der Waals surface area (Å²) in [5.74, 6) is -0.326. The summed E-state index contributed by atoms with van der Waals surface area (Å²) in [4.78, 5) is 44.5. The Morgan fingerprint density at radius 1 is 0.975 bits per heavy atom. The zero-order valence-corrected chi connectivity index (χ0v) is 26.0. The van der Waals surface area contributed by atoms with Crippen LogP contribution in [0, 0.1) is 11.8 Å². The number of piperidine rings is 1. The summed E-state index contributed by atoms with van der Waals surface area (Å²) >= 11 is 0. The Kier molecular flexibility index (Phi) is 11.4. The standard InChI is InChI=1S/C33H52N4O3/c1-21(2)29(20-24(7)31(38)34-27-17-13-15-25-14-9-10-16-26(25)27)36(8)33(40)30(22(3)4)35-32(39)28-18-11-12-19-37(28)23(5)6/h13,15,17,20-23,28-30H,9-12,14,16,18-19H2,1-8H3,(H,34,38)(H,35,39)/b24-20+/t28?,29-,30?/m1/s1. The van der Waals surface area contributed by atoms with E-state index in [0.717, 1.165) is 50.8 Å². The molecule has 2 unspecified atom stereocenters. The fourth-order valence-corrected chi connectivity index (χ4v) is 6.19. The van der Waals surface area contributed by atoms with Crippen molar-refractivity contribution in [2.24, 2.45) is 11.8 Å². The third kappa shape index (κ3) is 7.74. The van der Waals surface area contributed by atoms with Crippen molar-refractivity contribution < 1.29 is 14.4 Å². The Morgan fingerprint density at radius 3 is 2.33 bits per heavy atom. The molecule has 1 aliphatic heterocycles. The number of amides is 3. The van der Waals surface area contributed by atoms with Crippen LogP contribution in [0.4, 0.5) is 5.69 Å². The lowest BCUT2D eigenvalue weighted by atomic mass is 9.90. The average molecular weight is 553 g/mol. The highest BCUT2D eigenvalue weighted by Crippen LogP contribution is 2.28. The highest BCUT2D eigenvalue weighted by molar-refractivity contribution is 6.04. The Bertz CT molecular complexity index is 1080. The number of anilines is 1. The number of fused-ring (bicyclic) bond motifs is 1. The lowest BCUT2D eigenvalue weighted by molar-refractivity contribution is -0.140. The van der Waals surface area contributed by atoms with Gasteiger partial charge in [0.1, 0.15) is 6.04 Å². The zero-order chi connectivity index (χ0) is 29.6. The second-order valence-corrected chi connectivity index (χ2v) is 12.7. The number of benzene rings is 1. The van der Waals surface area contributed by atoms with Gasteiger partial charge in [0.25, 0.3) is 5.91 Å². The molecule has 40 heavy (non-hydrogen) atoms. The van der Waals surface area contributed by atoms with E-state index in [-0.39, 0.29) is 47.7 Å². The van der Waals surface area contributed by atoms with Gasteiger partial charge in [-0.15, -0.1) is 0 Å². The molecule has 0 radical (unpaired) electrons. The van der Waals surface area contributed by atoms with Gasteiger partial charge in [-0.2, -0.15) is 0 Å². The van der Waals surface area contributed by atoms with Gasteiger partial charge >= 0.3 is 0 Å². The Balaban J connectivity index is 1.74. The van der Waals surface area contributed by atoms with Crippen LogP contribution in [0.3, 0.4) is 0 Å². The van der Waals surface area contributed by atoms with E-state index in [9.17, 15) is 14.4 Å². The van der Waals surface area contributed by atoms with Crippen molar-refractivity contribution in [3.8, 4) is 0 Å². The number of aryl methyl sites for hydroxylation is 1. The van der Waals surface area contributed by atoms with Gasteiger partial charge in [0, 0.05) is 24.4 Å². The Morgan fingerprint density at radius 2 is 1.68 bits per heavy atom. The van der Waals surface area contributed by atoms with Gasteiger partial charge in [0.2, 0.25) is 11.8 Å². The normalized spacial score (nSPS) is 19.8. The number of likely N-dealkylation sites (N-methyl/N-ethyl adjacent to an activating group) is 1. The molecule has 0 spiro atoms. The van der Waals surface area contributed by atoms with Crippen LogP contribution in [-0.2, 0) is 27.2 Å². The van der Waals surface area contributed by atoms with Crippen LogP contribution in [0.1, 0.15) is 91.7 Å². The van der Waals surface area contributed by atoms with Gasteiger partial charge in [-0.3, -0.25) is 19.3 Å². The highest BCUT2D eigenvalue weighted by atomic mass is 16.2. The second-order valence-electron chi connectivity index (χ2n) is 12.7. The minimum Gasteiger partial charge on any atom is -0.343 e. The number of nitrogens with one attached hydrogen (secondary N) is 2. The SMILES string of the molecule is C/C(=C\[C@H](C(C)C)N(C)C(=O)C(NC(=O)C1CCCCN1C(C)C)C(C)C)C(=O)Nc1cccc2c1CCCC2. The Labute approximate surface area is 242 Å². The number of carbonyl (C=O) groups is 3. The number of hydrogen-bond acceptors (Lipinski definition) is 4. The molecule has 0 saturated carbocycles. The summed E-state index contributed by atoms with van der Waals surface area (Å²) in [5, 5.41) is 6.24. The van der Waals surface area contributed by atoms with Crippen molar-refractivity contribution in [2.45, 2.75) is 118 Å². The summed E-state index contributed by atoms with van der Waals surface area (Å²) in [6.07, 6.45) is 9.20. The molecule has 1 fully saturated rings. The number of likely N-dealkylation sites (tertiary alicyclic amines) is 1. The first-order valence-corrected chi connectivity index (χ1v) is 15.4. The minimum absolute atomic E-state index is 0.0627. The van der Waals surface area contributed by atoms with E-state index >= 15 is 0 Å². The van der Waals surface area contributed by atoms with Crippen molar-refractivity contribution >= 4 is 23.4 Å². The first-order valence-electron chi connectivity index (χ1n) is 15.4. The predicted octanol–water partition coefficient (Wildman–Crippen LogP) is 5.34. The third-order valence-electron chi connectivity index (χ3n) is 8.64. The quantitative estimate of drug-likeness (QED) is 0.384. The molecule has 1 saturated heterocycles. The molecule has 2 N–H and O–H groups in total. The smallest absolute Gasteiger partial charge is 0.251 e. The molecule has 3 atom stereocenters. The summed E-state index contributed by atoms with van der Waals surface area (Å²) in [6.45, 7) is 15.0. The molecule has 1 heterocycles. The monoisotopic (exact) mass is 552 g/mol. The van der Waals surface area contributed by atoms with Crippen molar-refractivity contribution in [1.82, 2.24) is 15.1 Å². The van der Waals surface area contributed by atoms with E-state index < -0.39 is 6.04 Å². The number of hydrogen-bond donors (Lipinski definition) is 2. The molecule has 1 aliphatic carbocycles. The maximum atomic E-state index is 13.8. The van der Waals surface area contributed by atoms with Gasteiger partial charge in [-0.05, 0) is 94.9 Å². The van der Waals surface area contributed by atoms with E-state index in [0.29, 0.717) is 5.57 Å². The average Bonchev–Trinajstić information content (AvgIpc) is 2.93. The molecule has 1 aromatic carbocycles. The molecule has 3 amide bonds. The molecule has 7 heteroatoms. The van der Waals surface area contributed by atoms with Gasteiger partial charge in [-0.1, -0.05) is 52.3 Å². The number of rotatable bonds is 10. The van der Waals surface area contributed by atoms with Crippen LogP contribution >= 0.6 is 0 Å². The highest BCUT2D eigenvalue weighted by Gasteiger charge is 2.36. The molecular weight excluding hydrogens is 500 g/mol. The van der Waals surface area contributed by atoms with E-state index in [1.54, 1.807) is 11.9 Å². The second kappa shape index (κ2) is 14.3. The lowest BCUT2D eigenvalue weighted by Gasteiger charge is -2.39. The van der Waals surface area contributed by atoms with E-state index in [1.165, 1.54) is 17.5 Å². The summed E-state index contributed by atoms with van der Waals surface area (Å²) in [7, 11) is 1.78. The van der Waals surface area contributed by atoms with Crippen LogP contribution in [0.15, 0.2) is 29.8 Å². The maximum Gasteiger partial charge on any atom is 0.251 e. The van der Waals surface area contributed by atoms with Crippen LogP contribution in [0.2, 0.25) is 0 Å². The van der Waals surface area contributed by atoms with Gasteiger partial charge in [-0.25, -0.2) is 0 Å². The topological polar surface area (TPSA) is 81.8 Å². The van der Waals surface area contributed by atoms with E-state index in [4.69, 9.17) is 0 Å². The van der Waals surface area contributed by atoms with Crippen LogP contribution in [0.25, 0.3) is 0 Å². The fourth-order valence-electron chi connectivity index (χ4n) is 6.19. The summed E-state index contributed by atoms with van der Waals surface area (Å²) < 4.78 is 0. The molecule has 0 aromatic heterocycles. The van der Waals surface area contributed by atoms with E-state index in [2.05, 4.69) is 49.3 Å². The van der Waals surface area contributed by atoms with Crippen LogP contribution in [-0.4, -0.2) is 65.3 Å². The lowest BCUT2D eigenvalue weighted by Crippen LogP contribution is -2.58. The number of nitrogens with zero attached hydrogens (tertiary/aromatic N) is 2. The van der Waals surface area contributed by atoms with Gasteiger partial charge in [0.05, 0.1) is 12.1 Å². The van der Waals surface area contributed by atoms with Crippen LogP contribution < -0.4 is 10.6 Å². The van der Waals surface area contributed by atoms with E-state index in [1.807, 2.05) is 39.0 Å². The van der Waals surface area contributed by atoms with Crippen LogP contribution in [0.5, 0.6) is 0 Å². The first-order chi connectivity index (χ1) is 18.9. The number of carbonyl (C=O) groups excluding carboxylic acids is 3. The largest absolute Gasteiger partial charge is 0.343 e. The third-order valence-corrected chi connectivity index (χ3v) is 8.64. The molecule has 3 rings (SSSR count). The van der Waals surface area contributed by atoms with Crippen molar-refractivity contribution in [3.63, 3.8) is 0 Å². The minimum atomic E-state index is -0.631. The summed E-state index contributed by atoms with van der Waals surface area (Å²) in [5.41, 5.74) is 4.03. The molecular formula is C33H52N4O3.